The van der Waals surface area contributed by atoms with Crippen molar-refractivity contribution < 1.29 is 18.3 Å². The smallest absolute Gasteiger partial charge is 0.392 e. The van der Waals surface area contributed by atoms with E-state index in [4.69, 9.17) is 5.11 Å². The Labute approximate surface area is 78.6 Å². The molecule has 0 radical (unpaired) electrons. The molecule has 6 heteroatoms. The lowest BCUT2D eigenvalue weighted by Gasteiger charge is -2.10. The van der Waals surface area contributed by atoms with Gasteiger partial charge in [-0.25, -0.2) is 4.98 Å². The van der Waals surface area contributed by atoms with E-state index >= 15 is 0 Å². The molecule has 1 heterocycles. The molecule has 0 spiro atoms. The quantitative estimate of drug-likeness (QED) is 0.773. The van der Waals surface area contributed by atoms with E-state index in [2.05, 4.69) is 10.3 Å². The van der Waals surface area contributed by atoms with Crippen molar-refractivity contribution in [1.29, 1.82) is 0 Å². The Balaban J connectivity index is 3.14. The maximum absolute atomic E-state index is 12.2. The highest BCUT2D eigenvalue weighted by Gasteiger charge is 2.31. The van der Waals surface area contributed by atoms with Crippen molar-refractivity contribution in [2.24, 2.45) is 0 Å². The van der Waals surface area contributed by atoms with Gasteiger partial charge in [0.1, 0.15) is 5.82 Å². The van der Waals surface area contributed by atoms with Crippen LogP contribution in [0.2, 0.25) is 0 Å². The Morgan fingerprint density at radius 1 is 1.50 bits per heavy atom. The summed E-state index contributed by atoms with van der Waals surface area (Å²) >= 11 is 0. The van der Waals surface area contributed by atoms with Crippen molar-refractivity contribution in [2.45, 2.75) is 12.8 Å². The number of nitrogens with one attached hydrogen (secondary N) is 1. The van der Waals surface area contributed by atoms with Crippen molar-refractivity contribution in [3.63, 3.8) is 0 Å². The molecule has 0 aliphatic rings. The number of rotatable bonds is 2. The number of hydrogen-bond acceptors (Lipinski definition) is 3. The molecule has 1 rings (SSSR count). The molecule has 0 unspecified atom stereocenters. The first-order chi connectivity index (χ1) is 6.49. The zero-order valence-electron chi connectivity index (χ0n) is 7.39. The average molecular weight is 206 g/mol. The van der Waals surface area contributed by atoms with E-state index < -0.39 is 18.3 Å². The number of alkyl halides is 3. The summed E-state index contributed by atoms with van der Waals surface area (Å²) < 4.78 is 36.6. The lowest BCUT2D eigenvalue weighted by Crippen LogP contribution is -2.08. The van der Waals surface area contributed by atoms with Crippen molar-refractivity contribution in [1.82, 2.24) is 4.98 Å². The van der Waals surface area contributed by atoms with Gasteiger partial charge in [0.2, 0.25) is 0 Å². The van der Waals surface area contributed by atoms with Crippen LogP contribution in [0.3, 0.4) is 0 Å². The van der Waals surface area contributed by atoms with Crippen LogP contribution in [0.5, 0.6) is 0 Å². The van der Waals surface area contributed by atoms with Gasteiger partial charge in [-0.15, -0.1) is 0 Å². The molecule has 3 nitrogen and oxygen atoms in total. The van der Waals surface area contributed by atoms with Gasteiger partial charge in [0.15, 0.2) is 0 Å². The Morgan fingerprint density at radius 2 is 2.14 bits per heavy atom. The minimum Gasteiger partial charge on any atom is -0.392 e. The second-order valence-electron chi connectivity index (χ2n) is 2.64. The molecule has 0 saturated carbocycles. The number of nitrogens with zero attached hydrogens (tertiary/aromatic N) is 1. The van der Waals surface area contributed by atoms with Crippen LogP contribution >= 0.6 is 0 Å². The fourth-order valence-corrected chi connectivity index (χ4v) is 1.01. The highest BCUT2D eigenvalue weighted by Crippen LogP contribution is 2.30. The molecule has 0 aromatic carbocycles. The molecule has 0 bridgehead atoms. The number of aromatic nitrogens is 1. The van der Waals surface area contributed by atoms with Gasteiger partial charge in [0.05, 0.1) is 12.2 Å². The maximum atomic E-state index is 12.2. The summed E-state index contributed by atoms with van der Waals surface area (Å²) in [5.41, 5.74) is -0.733. The third-order valence-corrected chi connectivity index (χ3v) is 1.70. The van der Waals surface area contributed by atoms with Gasteiger partial charge in [-0.1, -0.05) is 0 Å². The number of aliphatic hydroxyl groups is 1. The summed E-state index contributed by atoms with van der Waals surface area (Å²) in [6.45, 7) is -0.479. The standard InChI is InChI=1S/C8H9F3N2O/c1-12-7-5(4-14)2-6(3-13-7)8(9,10)11/h2-3,14H,4H2,1H3,(H,12,13). The van der Waals surface area contributed by atoms with Gasteiger partial charge >= 0.3 is 6.18 Å². The van der Waals surface area contributed by atoms with E-state index in [9.17, 15) is 13.2 Å². The topological polar surface area (TPSA) is 45.2 Å². The first kappa shape index (κ1) is 10.8. The molecular weight excluding hydrogens is 197 g/mol. The monoisotopic (exact) mass is 206 g/mol. The molecule has 0 fully saturated rings. The molecular formula is C8H9F3N2O. The van der Waals surface area contributed by atoms with E-state index in [1.807, 2.05) is 0 Å². The van der Waals surface area contributed by atoms with Gasteiger partial charge in [-0.2, -0.15) is 13.2 Å². The largest absolute Gasteiger partial charge is 0.417 e. The minimum absolute atomic E-state index is 0.127. The fourth-order valence-electron chi connectivity index (χ4n) is 1.01. The fraction of sp³-hybridized carbons (Fsp3) is 0.375. The number of anilines is 1. The van der Waals surface area contributed by atoms with E-state index in [-0.39, 0.29) is 11.4 Å². The van der Waals surface area contributed by atoms with Crippen molar-refractivity contribution in [3.8, 4) is 0 Å². The summed E-state index contributed by atoms with van der Waals surface area (Å²) in [7, 11) is 1.52. The third kappa shape index (κ3) is 2.14. The summed E-state index contributed by atoms with van der Waals surface area (Å²) in [4.78, 5) is 3.54. The summed E-state index contributed by atoms with van der Waals surface area (Å²) in [6.07, 6.45) is -3.70. The van der Waals surface area contributed by atoms with Gasteiger partial charge < -0.3 is 10.4 Å². The zero-order valence-corrected chi connectivity index (χ0v) is 7.39. The predicted octanol–water partition coefficient (Wildman–Crippen LogP) is 1.63. The minimum atomic E-state index is -4.43. The molecule has 0 saturated heterocycles. The summed E-state index contributed by atoms with van der Waals surface area (Å²) in [5.74, 6) is 0.250. The van der Waals surface area contributed by atoms with Crippen LogP contribution in [-0.4, -0.2) is 17.1 Å². The molecule has 78 valence electrons. The van der Waals surface area contributed by atoms with E-state index in [0.717, 1.165) is 12.3 Å². The molecule has 2 N–H and O–H groups in total. The van der Waals surface area contributed by atoms with E-state index in [1.54, 1.807) is 0 Å². The normalized spacial score (nSPS) is 11.5. The second kappa shape index (κ2) is 3.83. The number of aliphatic hydroxyl groups excluding tert-OH is 1. The zero-order chi connectivity index (χ0) is 10.8. The van der Waals surface area contributed by atoms with Gasteiger partial charge in [-0.3, -0.25) is 0 Å². The number of pyridine rings is 1. The molecule has 0 aliphatic carbocycles. The summed E-state index contributed by atoms with van der Waals surface area (Å²) in [5, 5.41) is 11.4. The lowest BCUT2D eigenvalue weighted by atomic mass is 10.2. The number of hydrogen-bond donors (Lipinski definition) is 2. The third-order valence-electron chi connectivity index (χ3n) is 1.70. The first-order valence-electron chi connectivity index (χ1n) is 3.83. The van der Waals surface area contributed by atoms with Gasteiger partial charge in [-0.05, 0) is 6.07 Å². The highest BCUT2D eigenvalue weighted by atomic mass is 19.4. The van der Waals surface area contributed by atoms with Crippen molar-refractivity contribution in [3.05, 3.63) is 23.4 Å². The van der Waals surface area contributed by atoms with Crippen LogP contribution in [0, 0.1) is 0 Å². The van der Waals surface area contributed by atoms with Gasteiger partial charge in [0.25, 0.3) is 0 Å². The highest BCUT2D eigenvalue weighted by molar-refractivity contribution is 5.44. The van der Waals surface area contributed by atoms with Crippen molar-refractivity contribution in [2.75, 3.05) is 12.4 Å². The van der Waals surface area contributed by atoms with Crippen LogP contribution < -0.4 is 5.32 Å². The Kier molecular flexibility index (Phi) is 2.95. The molecule has 0 aliphatic heterocycles. The molecule has 1 aromatic heterocycles. The first-order valence-corrected chi connectivity index (χ1v) is 3.83. The lowest BCUT2D eigenvalue weighted by molar-refractivity contribution is -0.137. The molecule has 0 amide bonds. The van der Waals surface area contributed by atoms with E-state index in [1.165, 1.54) is 7.05 Å². The second-order valence-corrected chi connectivity index (χ2v) is 2.64. The number of halogens is 3. The summed E-state index contributed by atoms with van der Waals surface area (Å²) in [6, 6.07) is 0.874. The van der Waals surface area contributed by atoms with Crippen LogP contribution in [0.4, 0.5) is 19.0 Å². The Bertz CT molecular complexity index is 325. The van der Waals surface area contributed by atoms with Crippen molar-refractivity contribution >= 4 is 5.82 Å². The molecule has 1 aromatic rings. The molecule has 14 heavy (non-hydrogen) atoms. The average Bonchev–Trinajstić information content (AvgIpc) is 2.15. The van der Waals surface area contributed by atoms with Gasteiger partial charge in [0, 0.05) is 18.8 Å². The Hall–Kier alpha value is -1.30. The molecule has 0 atom stereocenters. The predicted molar refractivity (Wildman–Crippen MR) is 44.7 cm³/mol. The maximum Gasteiger partial charge on any atom is 0.417 e. The van der Waals surface area contributed by atoms with Crippen LogP contribution in [0.15, 0.2) is 12.3 Å². The van der Waals surface area contributed by atoms with Crippen LogP contribution in [0.25, 0.3) is 0 Å². The van der Waals surface area contributed by atoms with Crippen LogP contribution in [0.1, 0.15) is 11.1 Å². The Morgan fingerprint density at radius 3 is 2.57 bits per heavy atom. The van der Waals surface area contributed by atoms with E-state index in [0.29, 0.717) is 0 Å². The SMILES string of the molecule is CNc1ncc(C(F)(F)F)cc1CO. The van der Waals surface area contributed by atoms with Crippen LogP contribution in [-0.2, 0) is 12.8 Å².